The fourth-order valence-electron chi connectivity index (χ4n) is 14.8. The van der Waals surface area contributed by atoms with Crippen molar-refractivity contribution in [2.75, 3.05) is 33.0 Å². The molecular formula is C52H82O25. The largest absolute Gasteiger partial charge is 0.458 e. The van der Waals surface area contributed by atoms with E-state index < -0.39 is 179 Å². The number of aliphatic hydroxyl groups excluding tert-OH is 15. The van der Waals surface area contributed by atoms with Gasteiger partial charge < -0.3 is 119 Å². The fraction of sp³-hybridized carbons (Fsp3) is 0.904. The van der Waals surface area contributed by atoms with Crippen molar-refractivity contribution >= 4 is 5.97 Å². The van der Waals surface area contributed by atoms with Gasteiger partial charge in [-0.25, -0.2) is 4.79 Å². The van der Waals surface area contributed by atoms with Crippen molar-refractivity contribution in [2.45, 2.75) is 220 Å². The first-order valence-electron chi connectivity index (χ1n) is 27.2. The summed E-state index contributed by atoms with van der Waals surface area (Å²) in [7, 11) is 0. The number of carbonyl (C=O) groups is 1. The first-order valence-corrected chi connectivity index (χ1v) is 27.2. The van der Waals surface area contributed by atoms with Crippen LogP contribution in [0.3, 0.4) is 0 Å². The third-order valence-electron chi connectivity index (χ3n) is 19.6. The van der Waals surface area contributed by atoms with E-state index in [0.717, 1.165) is 43.3 Å². The van der Waals surface area contributed by atoms with E-state index in [2.05, 4.69) is 26.8 Å². The molecule has 0 aromatic carbocycles. The van der Waals surface area contributed by atoms with Gasteiger partial charge in [0.05, 0.1) is 50.8 Å². The molecule has 7 fully saturated rings. The monoisotopic (exact) mass is 1110 g/mol. The van der Waals surface area contributed by atoms with Gasteiger partial charge in [0.15, 0.2) is 25.2 Å². The van der Waals surface area contributed by atoms with E-state index in [1.807, 2.05) is 6.92 Å². The minimum atomic E-state index is -1.77. The number of carbonyl (C=O) groups excluding carboxylic acids is 1. The molecule has 0 aromatic rings. The van der Waals surface area contributed by atoms with E-state index >= 15 is 0 Å². The maximum absolute atomic E-state index is 13.8. The molecule has 0 unspecified atom stereocenters. The minimum absolute atomic E-state index is 0.0214. The predicted molar refractivity (Wildman–Crippen MR) is 257 cm³/mol. The Morgan fingerprint density at radius 2 is 1.10 bits per heavy atom. The maximum atomic E-state index is 13.8. The number of cyclic esters (lactones) is 1. The average Bonchev–Trinajstić information content (AvgIpc) is 4.06. The number of fused-ring (bicyclic) bond motifs is 5. The summed E-state index contributed by atoms with van der Waals surface area (Å²) in [6.45, 7) is 5.66. The zero-order valence-corrected chi connectivity index (χ0v) is 43.7. The predicted octanol–water partition coefficient (Wildman–Crippen LogP) is -4.55. The minimum Gasteiger partial charge on any atom is -0.458 e. The highest BCUT2D eigenvalue weighted by molar-refractivity contribution is 5.90. The van der Waals surface area contributed by atoms with Crippen LogP contribution in [0.1, 0.15) is 79.1 Å². The number of hydrogen-bond acceptors (Lipinski definition) is 25. The summed E-state index contributed by atoms with van der Waals surface area (Å²) in [4.78, 5) is 13.8. The summed E-state index contributed by atoms with van der Waals surface area (Å²) in [6, 6.07) is 0. The molecule has 9 aliphatic rings. The maximum Gasteiger partial charge on any atom is 0.336 e. The van der Waals surface area contributed by atoms with Crippen molar-refractivity contribution in [3.63, 3.8) is 0 Å². The number of aliphatic hydroxyl groups is 15. The lowest BCUT2D eigenvalue weighted by molar-refractivity contribution is -0.337. The van der Waals surface area contributed by atoms with Crippen LogP contribution in [-0.2, 0) is 47.4 Å². The Kier molecular flexibility index (Phi) is 18.4. The highest BCUT2D eigenvalue weighted by Gasteiger charge is 2.62. The Morgan fingerprint density at radius 3 is 1.64 bits per heavy atom. The molecule has 9 rings (SSSR count). The van der Waals surface area contributed by atoms with E-state index in [1.54, 1.807) is 0 Å². The molecule has 30 atom stereocenters. The first kappa shape index (κ1) is 59.6. The van der Waals surface area contributed by atoms with Crippen molar-refractivity contribution in [3.05, 3.63) is 22.8 Å². The third-order valence-corrected chi connectivity index (χ3v) is 19.6. The van der Waals surface area contributed by atoms with Crippen LogP contribution in [0.4, 0.5) is 0 Å². The van der Waals surface area contributed by atoms with Gasteiger partial charge in [-0.1, -0.05) is 38.0 Å². The number of ether oxygens (including phenoxy) is 9. The fourth-order valence-corrected chi connectivity index (χ4v) is 14.8. The van der Waals surface area contributed by atoms with Crippen molar-refractivity contribution in [1.82, 2.24) is 0 Å². The molecule has 3 saturated carbocycles. The van der Waals surface area contributed by atoms with Crippen molar-refractivity contribution in [2.24, 2.45) is 40.4 Å². The third kappa shape index (κ3) is 11.0. The van der Waals surface area contributed by atoms with Crippen LogP contribution in [0.25, 0.3) is 0 Å². The van der Waals surface area contributed by atoms with Gasteiger partial charge in [-0.3, -0.25) is 0 Å². The molecule has 4 aliphatic carbocycles. The molecule has 15 N–H and O–H groups in total. The lowest BCUT2D eigenvalue weighted by Crippen LogP contribution is -2.62. The average molecular weight is 1110 g/mol. The molecule has 0 radical (unpaired) electrons. The van der Waals surface area contributed by atoms with Gasteiger partial charge in [0.1, 0.15) is 104 Å². The van der Waals surface area contributed by atoms with Crippen LogP contribution in [0.15, 0.2) is 22.8 Å². The van der Waals surface area contributed by atoms with Crippen molar-refractivity contribution < 1.29 is 124 Å². The number of esters is 1. The lowest BCUT2D eigenvalue weighted by Gasteiger charge is -2.60. The SMILES string of the molecule is CC1=C(CO[C@@H]2O[C@H](CO[C@@H]3O[C@H](CO)[C@@H](O)[C@H](O)[C@H]3O)[C@@H](O)[C@H](O)[C@H]2O)C(=O)O[C@@H]([C@@H](C)[C@H]2CC[C@H]3[C@@H]4CC=C5C[C@@H](O[C@@H]6O[C@H](CO[C@@H]7O[C@H](CO)[C@@H](O)[C@H](O)[C@H]7O)[C@@H](O)[C@H](O)[C@H]6O)C[C@H](O)[C@]5(C)[C@H]4CC[C@]23C)C1. The number of rotatable bonds is 15. The summed E-state index contributed by atoms with van der Waals surface area (Å²) in [5.41, 5.74) is 1.32. The van der Waals surface area contributed by atoms with Crippen molar-refractivity contribution in [3.8, 4) is 0 Å². The molecule has 0 amide bonds. The zero-order chi connectivity index (χ0) is 55.7. The van der Waals surface area contributed by atoms with Crippen LogP contribution in [0.2, 0.25) is 0 Å². The Labute approximate surface area is 445 Å². The second kappa shape index (κ2) is 23.7. The number of allylic oxidation sites excluding steroid dienone is 1. The molecule has 25 heteroatoms. The zero-order valence-electron chi connectivity index (χ0n) is 43.7. The van der Waals surface area contributed by atoms with Crippen LogP contribution < -0.4 is 0 Å². The smallest absolute Gasteiger partial charge is 0.336 e. The normalized spacial score (nSPS) is 51.8. The highest BCUT2D eigenvalue weighted by Crippen LogP contribution is 2.67. The van der Waals surface area contributed by atoms with Gasteiger partial charge in [-0.15, -0.1) is 0 Å². The second-order valence-electron chi connectivity index (χ2n) is 23.7. The van der Waals surface area contributed by atoms with Gasteiger partial charge in [0.2, 0.25) is 0 Å². The van der Waals surface area contributed by atoms with Gasteiger partial charge in [-0.2, -0.15) is 0 Å². The Hall–Kier alpha value is -1.97. The molecule has 0 spiro atoms. The Balaban J connectivity index is 0.790. The van der Waals surface area contributed by atoms with Gasteiger partial charge in [-0.05, 0) is 80.5 Å². The van der Waals surface area contributed by atoms with Crippen LogP contribution in [0.5, 0.6) is 0 Å². The van der Waals surface area contributed by atoms with Gasteiger partial charge in [0.25, 0.3) is 0 Å². The van der Waals surface area contributed by atoms with E-state index in [-0.39, 0.29) is 47.7 Å². The van der Waals surface area contributed by atoms with E-state index in [0.29, 0.717) is 18.8 Å². The quantitative estimate of drug-likeness (QED) is 0.0542. The summed E-state index contributed by atoms with van der Waals surface area (Å²) >= 11 is 0. The van der Waals surface area contributed by atoms with Crippen LogP contribution in [0, 0.1) is 40.4 Å². The van der Waals surface area contributed by atoms with Crippen molar-refractivity contribution in [1.29, 1.82) is 0 Å². The molecule has 0 aromatic heterocycles. The molecule has 5 aliphatic heterocycles. The molecule has 440 valence electrons. The summed E-state index contributed by atoms with van der Waals surface area (Å²) < 4.78 is 51.8. The highest BCUT2D eigenvalue weighted by atomic mass is 16.7. The molecule has 77 heavy (non-hydrogen) atoms. The van der Waals surface area contributed by atoms with Crippen LogP contribution >= 0.6 is 0 Å². The summed E-state index contributed by atoms with van der Waals surface area (Å²) in [5.74, 6) is 0.357. The van der Waals surface area contributed by atoms with Gasteiger partial charge in [0, 0.05) is 18.3 Å². The molecule has 5 heterocycles. The first-order chi connectivity index (χ1) is 36.4. The number of hydrogen-bond donors (Lipinski definition) is 15. The second-order valence-corrected chi connectivity index (χ2v) is 23.7. The Bertz CT molecular complexity index is 2100. The van der Waals surface area contributed by atoms with Gasteiger partial charge >= 0.3 is 5.97 Å². The molecule has 4 saturated heterocycles. The molecular weight excluding hydrogens is 1020 g/mol. The van der Waals surface area contributed by atoms with Crippen LogP contribution in [-0.4, -0.2) is 257 Å². The topological polar surface area (TPSA) is 404 Å². The molecule has 0 bridgehead atoms. The van der Waals surface area contributed by atoms with E-state index in [1.165, 1.54) is 0 Å². The lowest BCUT2D eigenvalue weighted by atomic mass is 9.46. The standard InChI is InChI=1S/C52H82O25/c1-19-11-28(73-46(68)24(19)16-69-47-44(66)40(62)36(58)31(76-47)17-70-48-42(64)38(60)34(56)29(14-53)74-48)20(2)25-7-8-26-23-6-5-21-12-22(13-33(55)52(21,4)27(23)9-10-51(25,26)3)72-50-45(67)41(63)37(59)32(77-50)18-71-49-43(65)39(61)35(57)30(15-54)75-49/h5,20,22-23,25-45,47-50,53-67H,6-18H2,1-4H3/t20-,22+,23-,25+,26-,27-,28+,29+,30+,31+,32+,33-,34+,35+,36+,37+,38-,39-,40-,41-,42+,43+,44+,45+,47+,48+,49+,50+,51+,52-/m0/s1. The van der Waals surface area contributed by atoms with E-state index in [4.69, 9.17) is 42.6 Å². The molecule has 25 nitrogen and oxygen atoms in total. The summed E-state index contributed by atoms with van der Waals surface area (Å²) in [6.07, 6.45) is -25.7. The summed E-state index contributed by atoms with van der Waals surface area (Å²) in [5, 5.41) is 157. The Morgan fingerprint density at radius 1 is 0.610 bits per heavy atom. The van der Waals surface area contributed by atoms with E-state index in [9.17, 15) is 81.4 Å².